The fourth-order valence-electron chi connectivity index (χ4n) is 3.75. The molecule has 0 saturated carbocycles. The highest BCUT2D eigenvalue weighted by molar-refractivity contribution is 5.25. The molecular weight excluding hydrogens is 300 g/mol. The molecule has 1 aliphatic heterocycles. The summed E-state index contributed by atoms with van der Waals surface area (Å²) >= 11 is 0. The van der Waals surface area contributed by atoms with Gasteiger partial charge in [-0.05, 0) is 51.8 Å². The van der Waals surface area contributed by atoms with Gasteiger partial charge in [0.1, 0.15) is 0 Å². The normalized spacial score (nSPS) is 21.8. The van der Waals surface area contributed by atoms with E-state index in [9.17, 15) is 5.11 Å². The van der Waals surface area contributed by atoms with Crippen molar-refractivity contribution in [1.29, 1.82) is 0 Å². The Balaban J connectivity index is 1.67. The molecule has 5 heteroatoms. The summed E-state index contributed by atoms with van der Waals surface area (Å²) in [6.45, 7) is 11.1. The Bertz CT molecular complexity index is 680. The second kappa shape index (κ2) is 7.03. The summed E-state index contributed by atoms with van der Waals surface area (Å²) in [6, 6.07) is 4.45. The lowest BCUT2D eigenvalue weighted by Crippen LogP contribution is -2.22. The molecule has 0 radical (unpaired) electrons. The first-order chi connectivity index (χ1) is 11.5. The van der Waals surface area contributed by atoms with E-state index in [1.165, 1.54) is 16.8 Å². The molecule has 0 amide bonds. The Morgan fingerprint density at radius 1 is 1.21 bits per heavy atom. The van der Waals surface area contributed by atoms with Crippen molar-refractivity contribution in [2.24, 2.45) is 5.92 Å². The van der Waals surface area contributed by atoms with Gasteiger partial charge in [-0.1, -0.05) is 0 Å². The van der Waals surface area contributed by atoms with Gasteiger partial charge in [-0.25, -0.2) is 0 Å². The SMILES string of the molecule is Cc1nn(C(C)C)c(C)c1CN1C[C@@H](Cc2ccncc2)[C@H](O)C1. The minimum Gasteiger partial charge on any atom is -0.391 e. The highest BCUT2D eigenvalue weighted by atomic mass is 16.3. The highest BCUT2D eigenvalue weighted by Crippen LogP contribution is 2.25. The number of pyridine rings is 1. The summed E-state index contributed by atoms with van der Waals surface area (Å²) in [4.78, 5) is 6.42. The van der Waals surface area contributed by atoms with Crippen molar-refractivity contribution in [3.05, 3.63) is 47.0 Å². The summed E-state index contributed by atoms with van der Waals surface area (Å²) in [5.74, 6) is 0.285. The number of hydrogen-bond donors (Lipinski definition) is 1. The topological polar surface area (TPSA) is 54.2 Å². The molecule has 0 spiro atoms. The average molecular weight is 328 g/mol. The molecule has 2 aromatic heterocycles. The summed E-state index contributed by atoms with van der Waals surface area (Å²) in [7, 11) is 0. The molecule has 3 heterocycles. The van der Waals surface area contributed by atoms with E-state index < -0.39 is 0 Å². The van der Waals surface area contributed by atoms with Crippen molar-refractivity contribution >= 4 is 0 Å². The van der Waals surface area contributed by atoms with Gasteiger partial charge in [-0.2, -0.15) is 5.10 Å². The highest BCUT2D eigenvalue weighted by Gasteiger charge is 2.32. The number of aliphatic hydroxyl groups is 1. The maximum atomic E-state index is 10.5. The van der Waals surface area contributed by atoms with Crippen LogP contribution in [0, 0.1) is 19.8 Å². The van der Waals surface area contributed by atoms with Crippen LogP contribution >= 0.6 is 0 Å². The van der Waals surface area contributed by atoms with Gasteiger partial charge in [0.2, 0.25) is 0 Å². The van der Waals surface area contributed by atoms with E-state index >= 15 is 0 Å². The van der Waals surface area contributed by atoms with Crippen molar-refractivity contribution in [1.82, 2.24) is 19.7 Å². The van der Waals surface area contributed by atoms with Crippen LogP contribution < -0.4 is 0 Å². The Kier molecular flexibility index (Phi) is 5.01. The predicted molar refractivity (Wildman–Crippen MR) is 94.8 cm³/mol. The third kappa shape index (κ3) is 3.52. The first-order valence-corrected chi connectivity index (χ1v) is 8.79. The van der Waals surface area contributed by atoms with Gasteiger partial charge >= 0.3 is 0 Å². The number of β-amino-alcohol motifs (C(OH)–C–C–N with tert-alkyl or cyclic N) is 1. The lowest BCUT2D eigenvalue weighted by atomic mass is 9.97. The molecule has 1 aliphatic rings. The third-order valence-corrected chi connectivity index (χ3v) is 5.08. The average Bonchev–Trinajstić information content (AvgIpc) is 3.03. The van der Waals surface area contributed by atoms with E-state index in [4.69, 9.17) is 0 Å². The molecule has 0 bridgehead atoms. The van der Waals surface area contributed by atoms with E-state index in [1.807, 2.05) is 24.5 Å². The van der Waals surface area contributed by atoms with E-state index in [2.05, 4.69) is 47.4 Å². The fourth-order valence-corrected chi connectivity index (χ4v) is 3.75. The van der Waals surface area contributed by atoms with Gasteiger partial charge in [0.15, 0.2) is 0 Å². The fraction of sp³-hybridized carbons (Fsp3) is 0.579. The number of rotatable bonds is 5. The van der Waals surface area contributed by atoms with Crippen LogP contribution in [0.5, 0.6) is 0 Å². The van der Waals surface area contributed by atoms with Crippen LogP contribution in [0.3, 0.4) is 0 Å². The van der Waals surface area contributed by atoms with E-state index in [0.717, 1.165) is 31.7 Å². The standard InChI is InChI=1S/C19H28N4O/c1-13(2)23-15(4)18(14(3)21-23)11-22-10-17(19(24)12-22)9-16-5-7-20-8-6-16/h5-8,13,17,19,24H,9-12H2,1-4H3/t17-,19-/m1/s1. The van der Waals surface area contributed by atoms with Gasteiger partial charge < -0.3 is 5.11 Å². The first kappa shape index (κ1) is 17.1. The maximum Gasteiger partial charge on any atom is 0.0710 e. The largest absolute Gasteiger partial charge is 0.391 e. The smallest absolute Gasteiger partial charge is 0.0710 e. The van der Waals surface area contributed by atoms with Crippen LogP contribution in [0.25, 0.3) is 0 Å². The Labute approximate surface area is 144 Å². The number of hydrogen-bond acceptors (Lipinski definition) is 4. The molecular formula is C19H28N4O. The van der Waals surface area contributed by atoms with Crippen molar-refractivity contribution in [3.8, 4) is 0 Å². The molecule has 2 atom stereocenters. The molecule has 130 valence electrons. The second-order valence-electron chi connectivity index (χ2n) is 7.27. The minimum atomic E-state index is -0.265. The van der Waals surface area contributed by atoms with Crippen LogP contribution in [-0.2, 0) is 13.0 Å². The molecule has 1 saturated heterocycles. The van der Waals surface area contributed by atoms with Gasteiger partial charge in [-0.3, -0.25) is 14.6 Å². The number of aliphatic hydroxyl groups excluding tert-OH is 1. The number of nitrogens with zero attached hydrogens (tertiary/aromatic N) is 4. The van der Waals surface area contributed by atoms with Crippen LogP contribution in [-0.4, -0.2) is 44.0 Å². The second-order valence-corrected chi connectivity index (χ2v) is 7.27. The van der Waals surface area contributed by atoms with E-state index in [-0.39, 0.29) is 12.0 Å². The van der Waals surface area contributed by atoms with Gasteiger partial charge in [0.05, 0.1) is 11.8 Å². The van der Waals surface area contributed by atoms with Crippen molar-refractivity contribution in [2.45, 2.75) is 52.8 Å². The number of aryl methyl sites for hydroxylation is 1. The number of likely N-dealkylation sites (tertiary alicyclic amines) is 1. The van der Waals surface area contributed by atoms with Crippen LogP contribution in [0.4, 0.5) is 0 Å². The molecule has 2 aromatic rings. The van der Waals surface area contributed by atoms with E-state index in [1.54, 1.807) is 0 Å². The Hall–Kier alpha value is -1.72. The van der Waals surface area contributed by atoms with Crippen LogP contribution in [0.1, 0.15) is 42.4 Å². The van der Waals surface area contributed by atoms with Crippen LogP contribution in [0.15, 0.2) is 24.5 Å². The predicted octanol–water partition coefficient (Wildman–Crippen LogP) is 2.51. The Morgan fingerprint density at radius 2 is 1.92 bits per heavy atom. The molecule has 0 aromatic carbocycles. The monoisotopic (exact) mass is 328 g/mol. The summed E-state index contributed by atoms with van der Waals surface area (Å²) < 4.78 is 2.10. The maximum absolute atomic E-state index is 10.5. The molecule has 1 N–H and O–H groups in total. The molecule has 0 aliphatic carbocycles. The van der Waals surface area contributed by atoms with Crippen molar-refractivity contribution in [2.75, 3.05) is 13.1 Å². The number of aromatic nitrogens is 3. The van der Waals surface area contributed by atoms with Gasteiger partial charge in [0, 0.05) is 55.2 Å². The zero-order chi connectivity index (χ0) is 17.3. The quantitative estimate of drug-likeness (QED) is 0.916. The molecule has 24 heavy (non-hydrogen) atoms. The van der Waals surface area contributed by atoms with E-state index in [0.29, 0.717) is 6.04 Å². The molecule has 3 rings (SSSR count). The summed E-state index contributed by atoms with van der Waals surface area (Å²) in [5.41, 5.74) is 4.90. The third-order valence-electron chi connectivity index (χ3n) is 5.08. The molecule has 5 nitrogen and oxygen atoms in total. The first-order valence-electron chi connectivity index (χ1n) is 8.79. The van der Waals surface area contributed by atoms with Gasteiger partial charge in [-0.15, -0.1) is 0 Å². The van der Waals surface area contributed by atoms with Crippen LogP contribution in [0.2, 0.25) is 0 Å². The minimum absolute atomic E-state index is 0.265. The Morgan fingerprint density at radius 3 is 2.54 bits per heavy atom. The lowest BCUT2D eigenvalue weighted by Gasteiger charge is -2.16. The zero-order valence-electron chi connectivity index (χ0n) is 15.1. The van der Waals surface area contributed by atoms with Crippen molar-refractivity contribution < 1.29 is 5.11 Å². The van der Waals surface area contributed by atoms with Gasteiger partial charge in [0.25, 0.3) is 0 Å². The summed E-state index contributed by atoms with van der Waals surface area (Å²) in [6.07, 6.45) is 4.28. The summed E-state index contributed by atoms with van der Waals surface area (Å²) in [5, 5.41) is 15.1. The molecule has 1 fully saturated rings. The zero-order valence-corrected chi connectivity index (χ0v) is 15.1. The lowest BCUT2D eigenvalue weighted by molar-refractivity contribution is 0.141. The molecule has 0 unspecified atom stereocenters. The van der Waals surface area contributed by atoms with Crippen molar-refractivity contribution in [3.63, 3.8) is 0 Å².